The van der Waals surface area contributed by atoms with Crippen LogP contribution in [0.2, 0.25) is 5.02 Å². The molecule has 1 amide bonds. The summed E-state index contributed by atoms with van der Waals surface area (Å²) < 4.78 is 55.2. The van der Waals surface area contributed by atoms with E-state index in [4.69, 9.17) is 25.8 Å². The number of halogens is 4. The van der Waals surface area contributed by atoms with Gasteiger partial charge in [-0.1, -0.05) is 29.4 Å². The molecule has 2 rings (SSSR count). The minimum absolute atomic E-state index is 0.112. The van der Waals surface area contributed by atoms with Gasteiger partial charge in [0.25, 0.3) is 0 Å². The van der Waals surface area contributed by atoms with Gasteiger partial charge in [0.15, 0.2) is 6.79 Å². The topological polar surface area (TPSA) is 77.0 Å². The largest absolute Gasteiger partial charge is 0.466 e. The molecule has 6 nitrogen and oxygen atoms in total. The number of benzene rings is 2. The zero-order valence-corrected chi connectivity index (χ0v) is 22.4. The summed E-state index contributed by atoms with van der Waals surface area (Å²) in [5.74, 6) is 0.252. The van der Waals surface area contributed by atoms with Gasteiger partial charge in [-0.3, -0.25) is 0 Å². The predicted molar refractivity (Wildman–Crippen MR) is 133 cm³/mol. The van der Waals surface area contributed by atoms with Crippen molar-refractivity contribution in [1.82, 2.24) is 5.32 Å². The van der Waals surface area contributed by atoms with E-state index in [0.29, 0.717) is 22.8 Å². The minimum atomic E-state index is -4.50. The van der Waals surface area contributed by atoms with Crippen molar-refractivity contribution >= 4 is 29.5 Å². The molecule has 200 valence electrons. The zero-order valence-electron chi connectivity index (χ0n) is 20.8. The normalized spacial score (nSPS) is 13.7. The van der Waals surface area contributed by atoms with Gasteiger partial charge in [-0.2, -0.15) is 13.2 Å². The van der Waals surface area contributed by atoms with E-state index in [0.717, 1.165) is 29.5 Å². The predicted octanol–water partition coefficient (Wildman–Crippen LogP) is 6.70. The quantitative estimate of drug-likeness (QED) is 0.321. The summed E-state index contributed by atoms with van der Waals surface area (Å²) in [6, 6.07) is 8.39. The smallest absolute Gasteiger partial charge is 0.416 e. The number of alkyl halides is 3. The third kappa shape index (κ3) is 9.38. The molecule has 0 saturated carbocycles. The average molecular weight is 550 g/mol. The Morgan fingerprint density at radius 1 is 1.11 bits per heavy atom. The maximum Gasteiger partial charge on any atom is 0.416 e. The van der Waals surface area contributed by atoms with Crippen LogP contribution in [-0.4, -0.2) is 42.8 Å². The molecule has 36 heavy (non-hydrogen) atoms. The highest BCUT2D eigenvalue weighted by molar-refractivity contribution is 7.99. The first-order valence-corrected chi connectivity index (χ1v) is 12.3. The molecule has 0 aliphatic heterocycles. The number of ether oxygens (including phenoxy) is 3. The molecule has 1 unspecified atom stereocenters. The van der Waals surface area contributed by atoms with Crippen LogP contribution >= 0.6 is 23.4 Å². The Hall–Kier alpha value is -2.14. The Bertz CT molecular complexity index is 1050. The number of methoxy groups -OCH3 is 1. The first kappa shape index (κ1) is 30.1. The van der Waals surface area contributed by atoms with Crippen LogP contribution in [0.25, 0.3) is 0 Å². The van der Waals surface area contributed by atoms with Crippen molar-refractivity contribution in [3.8, 4) is 5.75 Å². The molecule has 0 radical (unpaired) electrons. The van der Waals surface area contributed by atoms with E-state index in [-0.39, 0.29) is 24.0 Å². The lowest BCUT2D eigenvalue weighted by Crippen LogP contribution is -2.50. The van der Waals surface area contributed by atoms with E-state index in [2.05, 4.69) is 5.32 Å². The summed E-state index contributed by atoms with van der Waals surface area (Å²) in [5.41, 5.74) is -1.65. The lowest BCUT2D eigenvalue weighted by atomic mass is 9.94. The van der Waals surface area contributed by atoms with Crippen molar-refractivity contribution in [3.05, 3.63) is 52.5 Å². The summed E-state index contributed by atoms with van der Waals surface area (Å²) in [7, 11) is 1.42. The van der Waals surface area contributed by atoms with Crippen LogP contribution in [0.3, 0.4) is 0 Å². The van der Waals surface area contributed by atoms with E-state index in [1.807, 2.05) is 0 Å². The number of hydrogen-bond acceptors (Lipinski definition) is 6. The molecule has 0 aliphatic carbocycles. The first-order valence-electron chi connectivity index (χ1n) is 11.1. The van der Waals surface area contributed by atoms with Crippen LogP contribution < -0.4 is 10.1 Å². The molecule has 0 heterocycles. The number of amides is 1. The molecule has 0 bridgehead atoms. The van der Waals surface area contributed by atoms with Crippen LogP contribution in [0.4, 0.5) is 18.0 Å². The number of nitrogens with one attached hydrogen (secondary N) is 1. The standard InChI is InChI=1S/C25H31ClF3NO5S/c1-23(2,3)35-22(32)30-24(4,14-31)11-10-16-6-8-18(13-19(16)26)36-21-12-17(25(27,28)29)7-9-20(21)34-15-33-5/h6-9,12-13,31H,10-11,14-15H2,1-5H3,(H,30,32). The molecule has 0 fully saturated rings. The fourth-order valence-electron chi connectivity index (χ4n) is 3.07. The van der Waals surface area contributed by atoms with E-state index in [1.165, 1.54) is 13.2 Å². The molecule has 11 heteroatoms. The first-order chi connectivity index (χ1) is 16.7. The second-order valence-electron chi connectivity index (χ2n) is 9.41. The number of hydrogen-bond donors (Lipinski definition) is 2. The molecule has 0 aliphatic rings. The number of aliphatic hydroxyl groups excluding tert-OH is 1. The second kappa shape index (κ2) is 12.4. The lowest BCUT2D eigenvalue weighted by molar-refractivity contribution is -0.137. The van der Waals surface area contributed by atoms with E-state index < -0.39 is 29.0 Å². The summed E-state index contributed by atoms with van der Waals surface area (Å²) in [5, 5.41) is 13.0. The Morgan fingerprint density at radius 2 is 1.81 bits per heavy atom. The Labute approximate surface area is 218 Å². The number of carbonyl (C=O) groups is 1. The van der Waals surface area contributed by atoms with Gasteiger partial charge in [0.2, 0.25) is 0 Å². The monoisotopic (exact) mass is 549 g/mol. The molecule has 2 aromatic rings. The fraction of sp³-hybridized carbons (Fsp3) is 0.480. The van der Waals surface area contributed by atoms with Gasteiger partial charge < -0.3 is 24.6 Å². The molecular weight excluding hydrogens is 519 g/mol. The van der Waals surface area contributed by atoms with Gasteiger partial charge in [0.1, 0.15) is 11.4 Å². The Kier molecular flexibility index (Phi) is 10.4. The van der Waals surface area contributed by atoms with Crippen molar-refractivity contribution in [1.29, 1.82) is 0 Å². The lowest BCUT2D eigenvalue weighted by Gasteiger charge is -2.30. The summed E-state index contributed by atoms with van der Waals surface area (Å²) in [6.07, 6.45) is -4.33. The molecule has 2 aromatic carbocycles. The van der Waals surface area contributed by atoms with Crippen molar-refractivity contribution in [2.75, 3.05) is 20.5 Å². The number of aliphatic hydroxyl groups is 1. The Balaban J connectivity index is 2.16. The fourth-order valence-corrected chi connectivity index (χ4v) is 4.39. The van der Waals surface area contributed by atoms with E-state index in [1.54, 1.807) is 45.9 Å². The summed E-state index contributed by atoms with van der Waals surface area (Å²) >= 11 is 7.55. The molecule has 0 spiro atoms. The minimum Gasteiger partial charge on any atom is -0.466 e. The molecular formula is C25H31ClF3NO5S. The van der Waals surface area contributed by atoms with Crippen molar-refractivity contribution in [2.24, 2.45) is 0 Å². The van der Waals surface area contributed by atoms with Crippen LogP contribution in [-0.2, 0) is 22.1 Å². The van der Waals surface area contributed by atoms with Crippen LogP contribution in [0.5, 0.6) is 5.75 Å². The third-order valence-corrected chi connectivity index (χ3v) is 6.33. The summed E-state index contributed by atoms with van der Waals surface area (Å²) in [6.45, 7) is 6.51. The number of rotatable bonds is 10. The number of aryl methyl sites for hydroxylation is 1. The molecule has 2 N–H and O–H groups in total. The molecule has 1 atom stereocenters. The number of alkyl carbamates (subject to hydrolysis) is 1. The maximum absolute atomic E-state index is 13.2. The van der Waals surface area contributed by atoms with Crippen LogP contribution in [0, 0.1) is 0 Å². The van der Waals surface area contributed by atoms with Gasteiger partial charge in [0.05, 0.1) is 22.6 Å². The SMILES string of the molecule is COCOc1ccc(C(F)(F)F)cc1Sc1ccc(CCC(C)(CO)NC(=O)OC(C)(C)C)c(Cl)c1. The maximum atomic E-state index is 13.2. The van der Waals surface area contributed by atoms with Crippen LogP contribution in [0.15, 0.2) is 46.2 Å². The van der Waals surface area contributed by atoms with Crippen LogP contribution in [0.1, 0.15) is 45.2 Å². The highest BCUT2D eigenvalue weighted by Crippen LogP contribution is 2.40. The van der Waals surface area contributed by atoms with Gasteiger partial charge in [-0.15, -0.1) is 0 Å². The Morgan fingerprint density at radius 3 is 2.36 bits per heavy atom. The van der Waals surface area contributed by atoms with E-state index in [9.17, 15) is 23.1 Å². The highest BCUT2D eigenvalue weighted by atomic mass is 35.5. The van der Waals surface area contributed by atoms with Gasteiger partial charge >= 0.3 is 12.3 Å². The molecule has 0 aromatic heterocycles. The second-order valence-corrected chi connectivity index (χ2v) is 10.9. The van der Waals surface area contributed by atoms with Crippen molar-refractivity contribution < 1.29 is 37.3 Å². The zero-order chi connectivity index (χ0) is 27.1. The molecule has 0 saturated heterocycles. The average Bonchev–Trinajstić information content (AvgIpc) is 2.75. The summed E-state index contributed by atoms with van der Waals surface area (Å²) in [4.78, 5) is 13.0. The van der Waals surface area contributed by atoms with E-state index >= 15 is 0 Å². The van der Waals surface area contributed by atoms with Crippen molar-refractivity contribution in [2.45, 2.75) is 67.6 Å². The number of carbonyl (C=O) groups excluding carboxylic acids is 1. The highest BCUT2D eigenvalue weighted by Gasteiger charge is 2.31. The van der Waals surface area contributed by atoms with Gasteiger partial charge in [-0.25, -0.2) is 4.79 Å². The van der Waals surface area contributed by atoms with Crippen molar-refractivity contribution in [3.63, 3.8) is 0 Å². The van der Waals surface area contributed by atoms with Gasteiger partial charge in [-0.05, 0) is 76.4 Å². The van der Waals surface area contributed by atoms with Gasteiger partial charge in [0, 0.05) is 17.0 Å². The third-order valence-electron chi connectivity index (χ3n) is 4.95.